The summed E-state index contributed by atoms with van der Waals surface area (Å²) in [4.78, 5) is 18.6. The highest BCUT2D eigenvalue weighted by molar-refractivity contribution is 5.73. The second-order valence-electron chi connectivity index (χ2n) is 9.02. The van der Waals surface area contributed by atoms with E-state index in [1.54, 1.807) is 12.1 Å². The van der Waals surface area contributed by atoms with E-state index in [2.05, 4.69) is 43.9 Å². The minimum absolute atomic E-state index is 0.0257. The fourth-order valence-corrected chi connectivity index (χ4v) is 4.25. The molecule has 0 bridgehead atoms. The first-order chi connectivity index (χ1) is 17.5. The first-order valence-corrected chi connectivity index (χ1v) is 12.4. The number of urea groups is 1. The molecule has 9 nitrogen and oxygen atoms in total. The number of carbonyl (C=O) groups is 1. The molecule has 0 spiro atoms. The molecule has 0 saturated heterocycles. The molecule has 3 aromatic rings. The summed E-state index contributed by atoms with van der Waals surface area (Å²) in [6.07, 6.45) is 1.84. The number of nitriles is 1. The second-order valence-corrected chi connectivity index (χ2v) is 9.02. The van der Waals surface area contributed by atoms with Gasteiger partial charge in [0.25, 0.3) is 5.89 Å². The molecule has 188 valence electrons. The average Bonchev–Trinajstić information content (AvgIpc) is 3.27. The molecule has 0 radical (unpaired) electrons. The SMILES string of the molecule is CCNC(=O)NCCN1CCc2ccc(-c3noc(-c4ccc(OC(C)C)c(C#N)c4)n3)cc2CC1. The monoisotopic (exact) mass is 488 g/mol. The number of nitrogens with zero attached hydrogens (tertiary/aromatic N) is 4. The van der Waals surface area contributed by atoms with Crippen LogP contribution in [0.5, 0.6) is 5.75 Å². The Kier molecular flexibility index (Phi) is 8.18. The molecule has 1 aliphatic rings. The zero-order chi connectivity index (χ0) is 25.5. The smallest absolute Gasteiger partial charge is 0.314 e. The summed E-state index contributed by atoms with van der Waals surface area (Å²) in [7, 11) is 0. The minimum atomic E-state index is -0.122. The fraction of sp³-hybridized carbons (Fsp3) is 0.407. The van der Waals surface area contributed by atoms with Gasteiger partial charge >= 0.3 is 6.03 Å². The van der Waals surface area contributed by atoms with Gasteiger partial charge in [0.2, 0.25) is 5.82 Å². The van der Waals surface area contributed by atoms with E-state index < -0.39 is 0 Å². The number of nitrogens with one attached hydrogen (secondary N) is 2. The van der Waals surface area contributed by atoms with Gasteiger partial charge in [-0.1, -0.05) is 17.3 Å². The predicted molar refractivity (Wildman–Crippen MR) is 137 cm³/mol. The molecule has 0 fully saturated rings. The summed E-state index contributed by atoms with van der Waals surface area (Å²) in [6, 6.07) is 13.7. The van der Waals surface area contributed by atoms with Crippen molar-refractivity contribution in [2.24, 2.45) is 0 Å². The van der Waals surface area contributed by atoms with E-state index in [0.29, 0.717) is 41.7 Å². The molecule has 0 aliphatic carbocycles. The highest BCUT2D eigenvalue weighted by Crippen LogP contribution is 2.29. The van der Waals surface area contributed by atoms with Crippen molar-refractivity contribution in [3.63, 3.8) is 0 Å². The van der Waals surface area contributed by atoms with Crippen molar-refractivity contribution in [3.8, 4) is 34.7 Å². The lowest BCUT2D eigenvalue weighted by molar-refractivity contribution is 0.236. The quantitative estimate of drug-likeness (QED) is 0.496. The molecular formula is C27H32N6O3. The Balaban J connectivity index is 1.43. The molecule has 2 N–H and O–H groups in total. The number of benzene rings is 2. The van der Waals surface area contributed by atoms with E-state index in [9.17, 15) is 10.1 Å². The maximum absolute atomic E-state index is 11.6. The van der Waals surface area contributed by atoms with Crippen LogP contribution in [0.25, 0.3) is 22.8 Å². The van der Waals surface area contributed by atoms with Crippen LogP contribution in [0.2, 0.25) is 0 Å². The maximum Gasteiger partial charge on any atom is 0.314 e. The Bertz CT molecular complexity index is 1250. The molecule has 2 amide bonds. The van der Waals surface area contributed by atoms with Gasteiger partial charge in [-0.25, -0.2) is 4.79 Å². The highest BCUT2D eigenvalue weighted by Gasteiger charge is 2.18. The summed E-state index contributed by atoms with van der Waals surface area (Å²) in [5.41, 5.74) is 4.60. The van der Waals surface area contributed by atoms with Crippen LogP contribution >= 0.6 is 0 Å². The van der Waals surface area contributed by atoms with Crippen molar-refractivity contribution in [2.45, 2.75) is 39.7 Å². The van der Waals surface area contributed by atoms with Crippen LogP contribution in [0.15, 0.2) is 40.9 Å². The molecule has 2 heterocycles. The number of aromatic nitrogens is 2. The van der Waals surface area contributed by atoms with Crippen LogP contribution in [0.1, 0.15) is 37.5 Å². The van der Waals surface area contributed by atoms with Gasteiger partial charge in [0.15, 0.2) is 0 Å². The average molecular weight is 489 g/mol. The molecule has 0 atom stereocenters. The number of hydrogen-bond donors (Lipinski definition) is 2. The number of ether oxygens (including phenoxy) is 1. The van der Waals surface area contributed by atoms with Crippen molar-refractivity contribution in [1.82, 2.24) is 25.7 Å². The standard InChI is InChI=1S/C27H32N6O3/c1-4-29-27(34)30-11-14-33-12-9-19-5-6-21(15-20(19)10-13-33)25-31-26(36-32-25)22-7-8-24(35-18(2)3)23(16-22)17-28/h5-8,15-16,18H,4,9-14H2,1-3H3,(H2,29,30,34). The van der Waals surface area contributed by atoms with E-state index >= 15 is 0 Å². The second kappa shape index (κ2) is 11.7. The molecule has 0 unspecified atom stereocenters. The van der Waals surface area contributed by atoms with Gasteiger partial charge < -0.3 is 24.8 Å². The number of rotatable bonds is 8. The van der Waals surface area contributed by atoms with Crippen LogP contribution < -0.4 is 15.4 Å². The Morgan fingerprint density at radius 2 is 1.92 bits per heavy atom. The van der Waals surface area contributed by atoms with Gasteiger partial charge in [-0.2, -0.15) is 10.2 Å². The van der Waals surface area contributed by atoms with E-state index in [-0.39, 0.29) is 12.1 Å². The molecule has 1 aliphatic heterocycles. The zero-order valence-electron chi connectivity index (χ0n) is 21.0. The van der Waals surface area contributed by atoms with Crippen LogP contribution in [0.3, 0.4) is 0 Å². The number of fused-ring (bicyclic) bond motifs is 1. The highest BCUT2D eigenvalue weighted by atomic mass is 16.5. The van der Waals surface area contributed by atoms with Crippen LogP contribution in [0, 0.1) is 11.3 Å². The number of amides is 2. The third-order valence-electron chi connectivity index (χ3n) is 6.05. The predicted octanol–water partition coefficient (Wildman–Crippen LogP) is 3.78. The molecule has 0 saturated carbocycles. The first-order valence-electron chi connectivity index (χ1n) is 12.4. The lowest BCUT2D eigenvalue weighted by Crippen LogP contribution is -2.40. The first kappa shape index (κ1) is 25.2. The molecule has 9 heteroatoms. The Morgan fingerprint density at radius 1 is 1.14 bits per heavy atom. The Morgan fingerprint density at radius 3 is 2.67 bits per heavy atom. The number of hydrogen-bond acceptors (Lipinski definition) is 7. The summed E-state index contributed by atoms with van der Waals surface area (Å²) in [6.45, 7) is 9.68. The van der Waals surface area contributed by atoms with Gasteiger partial charge in [0, 0.05) is 43.9 Å². The van der Waals surface area contributed by atoms with Gasteiger partial charge in [0.1, 0.15) is 11.8 Å². The van der Waals surface area contributed by atoms with E-state index in [1.165, 1.54) is 11.1 Å². The minimum Gasteiger partial charge on any atom is -0.490 e. The van der Waals surface area contributed by atoms with Crippen molar-refractivity contribution in [2.75, 3.05) is 32.7 Å². The van der Waals surface area contributed by atoms with Crippen LogP contribution in [-0.4, -0.2) is 59.9 Å². The van der Waals surface area contributed by atoms with Crippen LogP contribution in [0.4, 0.5) is 4.79 Å². The third-order valence-corrected chi connectivity index (χ3v) is 6.05. The Hall–Kier alpha value is -3.90. The van der Waals surface area contributed by atoms with E-state index in [1.807, 2.05) is 32.9 Å². The lowest BCUT2D eigenvalue weighted by atomic mass is 10.00. The third kappa shape index (κ3) is 6.20. The normalized spacial score (nSPS) is 13.5. The summed E-state index contributed by atoms with van der Waals surface area (Å²) in [5, 5.41) is 19.3. The molecular weight excluding hydrogens is 456 g/mol. The van der Waals surface area contributed by atoms with Crippen molar-refractivity contribution in [1.29, 1.82) is 5.26 Å². The molecule has 2 aromatic carbocycles. The van der Waals surface area contributed by atoms with E-state index in [4.69, 9.17) is 9.26 Å². The zero-order valence-corrected chi connectivity index (χ0v) is 21.0. The fourth-order valence-electron chi connectivity index (χ4n) is 4.25. The van der Waals surface area contributed by atoms with Gasteiger partial charge in [-0.15, -0.1) is 0 Å². The molecule has 1 aromatic heterocycles. The van der Waals surface area contributed by atoms with Crippen LogP contribution in [-0.2, 0) is 12.8 Å². The maximum atomic E-state index is 11.6. The van der Waals surface area contributed by atoms with Crippen molar-refractivity contribution < 1.29 is 14.1 Å². The van der Waals surface area contributed by atoms with Gasteiger partial charge in [-0.3, -0.25) is 0 Å². The topological polar surface area (TPSA) is 116 Å². The van der Waals surface area contributed by atoms with Crippen molar-refractivity contribution in [3.05, 3.63) is 53.1 Å². The summed E-state index contributed by atoms with van der Waals surface area (Å²) in [5.74, 6) is 1.41. The summed E-state index contributed by atoms with van der Waals surface area (Å²) < 4.78 is 11.2. The summed E-state index contributed by atoms with van der Waals surface area (Å²) >= 11 is 0. The largest absolute Gasteiger partial charge is 0.490 e. The molecule has 36 heavy (non-hydrogen) atoms. The lowest BCUT2D eigenvalue weighted by Gasteiger charge is -2.19. The van der Waals surface area contributed by atoms with E-state index in [0.717, 1.165) is 38.0 Å². The van der Waals surface area contributed by atoms with Gasteiger partial charge in [-0.05, 0) is 69.0 Å². The van der Waals surface area contributed by atoms with Crippen molar-refractivity contribution >= 4 is 6.03 Å². The molecule has 4 rings (SSSR count). The van der Waals surface area contributed by atoms with Gasteiger partial charge in [0.05, 0.1) is 11.7 Å². The Labute approximate surface area is 211 Å². The number of carbonyl (C=O) groups excluding carboxylic acids is 1.